The first-order chi connectivity index (χ1) is 7.66. The van der Waals surface area contributed by atoms with Gasteiger partial charge in [0, 0.05) is 6.42 Å². The predicted molar refractivity (Wildman–Crippen MR) is 64.0 cm³/mol. The largest absolute Gasteiger partial charge is 0.339 e. The molecule has 0 aliphatic carbocycles. The van der Waals surface area contributed by atoms with Crippen molar-refractivity contribution in [1.82, 2.24) is 10.1 Å². The van der Waals surface area contributed by atoms with Crippen LogP contribution in [0.4, 0.5) is 0 Å². The first-order valence-electron chi connectivity index (χ1n) is 6.28. The van der Waals surface area contributed by atoms with E-state index in [2.05, 4.69) is 30.9 Å². The average molecular weight is 225 g/mol. The summed E-state index contributed by atoms with van der Waals surface area (Å²) in [6, 6.07) is 0. The van der Waals surface area contributed by atoms with E-state index < -0.39 is 5.54 Å². The lowest BCUT2D eigenvalue weighted by atomic mass is 9.93. The van der Waals surface area contributed by atoms with Crippen molar-refractivity contribution in [1.29, 1.82) is 0 Å². The number of aromatic nitrogens is 2. The third-order valence-corrected chi connectivity index (χ3v) is 3.17. The fraction of sp³-hybridized carbons (Fsp3) is 0.833. The van der Waals surface area contributed by atoms with Gasteiger partial charge in [0.15, 0.2) is 5.82 Å². The monoisotopic (exact) mass is 225 g/mol. The van der Waals surface area contributed by atoms with Crippen LogP contribution in [-0.2, 0) is 12.0 Å². The van der Waals surface area contributed by atoms with Crippen LogP contribution in [0.2, 0.25) is 0 Å². The second-order valence-electron chi connectivity index (χ2n) is 4.33. The van der Waals surface area contributed by atoms with E-state index in [4.69, 9.17) is 10.3 Å². The fourth-order valence-electron chi connectivity index (χ4n) is 1.65. The molecule has 0 spiro atoms. The molecule has 4 nitrogen and oxygen atoms in total. The number of rotatable bonds is 7. The lowest BCUT2D eigenvalue weighted by Crippen LogP contribution is -2.36. The second kappa shape index (κ2) is 5.99. The van der Waals surface area contributed by atoms with Gasteiger partial charge in [0.2, 0.25) is 5.89 Å². The molecule has 0 saturated carbocycles. The molecule has 0 atom stereocenters. The van der Waals surface area contributed by atoms with Gasteiger partial charge in [-0.1, -0.05) is 38.8 Å². The van der Waals surface area contributed by atoms with E-state index in [1.54, 1.807) is 0 Å². The lowest BCUT2D eigenvalue weighted by molar-refractivity contribution is 0.334. The third-order valence-electron chi connectivity index (χ3n) is 3.17. The second-order valence-corrected chi connectivity index (χ2v) is 4.33. The Labute approximate surface area is 97.6 Å². The fourth-order valence-corrected chi connectivity index (χ4v) is 1.65. The van der Waals surface area contributed by atoms with Crippen LogP contribution in [0.25, 0.3) is 0 Å². The van der Waals surface area contributed by atoms with Crippen LogP contribution in [-0.4, -0.2) is 10.1 Å². The summed E-state index contributed by atoms with van der Waals surface area (Å²) in [6.45, 7) is 6.28. The van der Waals surface area contributed by atoms with Gasteiger partial charge >= 0.3 is 0 Å². The molecule has 0 amide bonds. The van der Waals surface area contributed by atoms with Crippen LogP contribution in [0.1, 0.15) is 64.6 Å². The van der Waals surface area contributed by atoms with Crippen LogP contribution in [0.5, 0.6) is 0 Å². The van der Waals surface area contributed by atoms with Crippen molar-refractivity contribution in [3.8, 4) is 0 Å². The van der Waals surface area contributed by atoms with E-state index in [0.717, 1.165) is 31.6 Å². The predicted octanol–water partition coefficient (Wildman–Crippen LogP) is 2.78. The molecule has 1 aromatic heterocycles. The Morgan fingerprint density at radius 1 is 1.19 bits per heavy atom. The molecular weight excluding hydrogens is 202 g/mol. The highest BCUT2D eigenvalue weighted by Crippen LogP contribution is 2.23. The van der Waals surface area contributed by atoms with Gasteiger partial charge in [-0.05, 0) is 19.3 Å². The molecule has 0 unspecified atom stereocenters. The molecule has 92 valence electrons. The standard InChI is InChI=1S/C12H23N3O/c1-4-7-8-9-10-14-11(15-16-10)12(13,5-2)6-3/h4-9,13H2,1-3H3. The van der Waals surface area contributed by atoms with Crippen molar-refractivity contribution in [3.63, 3.8) is 0 Å². The molecule has 0 aliphatic rings. The van der Waals surface area contributed by atoms with Crippen molar-refractivity contribution in [2.45, 2.75) is 64.8 Å². The maximum absolute atomic E-state index is 6.20. The Balaban J connectivity index is 2.63. The molecule has 4 heteroatoms. The molecule has 0 fully saturated rings. The molecule has 0 aliphatic heterocycles. The Morgan fingerprint density at radius 2 is 1.88 bits per heavy atom. The van der Waals surface area contributed by atoms with Gasteiger partial charge < -0.3 is 10.3 Å². The van der Waals surface area contributed by atoms with Gasteiger partial charge in [-0.2, -0.15) is 4.98 Å². The van der Waals surface area contributed by atoms with E-state index in [-0.39, 0.29) is 0 Å². The maximum Gasteiger partial charge on any atom is 0.226 e. The van der Waals surface area contributed by atoms with Crippen molar-refractivity contribution in [2.24, 2.45) is 5.73 Å². The van der Waals surface area contributed by atoms with Gasteiger partial charge in [0.1, 0.15) is 0 Å². The van der Waals surface area contributed by atoms with Crippen LogP contribution in [0.15, 0.2) is 4.52 Å². The minimum absolute atomic E-state index is 0.424. The molecule has 16 heavy (non-hydrogen) atoms. The van der Waals surface area contributed by atoms with Crippen molar-refractivity contribution in [3.05, 3.63) is 11.7 Å². The summed E-state index contributed by atoms with van der Waals surface area (Å²) in [6.07, 6.45) is 6.03. The summed E-state index contributed by atoms with van der Waals surface area (Å²) in [5.74, 6) is 1.38. The molecular formula is C12H23N3O. The van der Waals surface area contributed by atoms with E-state index >= 15 is 0 Å². The zero-order valence-electron chi connectivity index (χ0n) is 10.6. The first kappa shape index (κ1) is 13.2. The number of hydrogen-bond acceptors (Lipinski definition) is 4. The SMILES string of the molecule is CCCCCc1nc(C(N)(CC)CC)no1. The summed E-state index contributed by atoms with van der Waals surface area (Å²) in [7, 11) is 0. The normalized spacial score (nSPS) is 12.0. The number of nitrogens with two attached hydrogens (primary N) is 1. The Kier molecular flexibility index (Phi) is 4.93. The molecule has 0 saturated heterocycles. The van der Waals surface area contributed by atoms with Crippen molar-refractivity contribution < 1.29 is 4.52 Å². The number of hydrogen-bond donors (Lipinski definition) is 1. The Bertz CT molecular complexity index is 305. The van der Waals surface area contributed by atoms with E-state index in [0.29, 0.717) is 5.82 Å². The molecule has 1 rings (SSSR count). The van der Waals surface area contributed by atoms with E-state index in [9.17, 15) is 0 Å². The van der Waals surface area contributed by atoms with Gasteiger partial charge in [0.25, 0.3) is 0 Å². The van der Waals surface area contributed by atoms with Crippen LogP contribution in [0, 0.1) is 0 Å². The molecule has 0 bridgehead atoms. The average Bonchev–Trinajstić information content (AvgIpc) is 2.78. The highest BCUT2D eigenvalue weighted by atomic mass is 16.5. The highest BCUT2D eigenvalue weighted by molar-refractivity contribution is 5.02. The highest BCUT2D eigenvalue weighted by Gasteiger charge is 2.28. The van der Waals surface area contributed by atoms with Gasteiger partial charge in [-0.3, -0.25) is 0 Å². The van der Waals surface area contributed by atoms with Crippen molar-refractivity contribution >= 4 is 0 Å². The van der Waals surface area contributed by atoms with Crippen LogP contribution >= 0.6 is 0 Å². The molecule has 1 aromatic rings. The molecule has 0 aromatic carbocycles. The minimum atomic E-state index is -0.424. The summed E-state index contributed by atoms with van der Waals surface area (Å²) >= 11 is 0. The van der Waals surface area contributed by atoms with Crippen LogP contribution in [0.3, 0.4) is 0 Å². The number of nitrogens with zero attached hydrogens (tertiary/aromatic N) is 2. The Morgan fingerprint density at radius 3 is 2.44 bits per heavy atom. The quantitative estimate of drug-likeness (QED) is 0.725. The lowest BCUT2D eigenvalue weighted by Gasteiger charge is -2.21. The van der Waals surface area contributed by atoms with Gasteiger partial charge in [-0.15, -0.1) is 0 Å². The molecule has 0 radical (unpaired) electrons. The third kappa shape index (κ3) is 3.04. The van der Waals surface area contributed by atoms with Gasteiger partial charge in [0.05, 0.1) is 5.54 Å². The number of unbranched alkanes of at least 4 members (excludes halogenated alkanes) is 2. The molecule has 2 N–H and O–H groups in total. The van der Waals surface area contributed by atoms with E-state index in [1.807, 2.05) is 0 Å². The van der Waals surface area contributed by atoms with Crippen LogP contribution < -0.4 is 5.73 Å². The number of aryl methyl sites for hydroxylation is 1. The summed E-state index contributed by atoms with van der Waals surface area (Å²) < 4.78 is 5.22. The summed E-state index contributed by atoms with van der Waals surface area (Å²) in [5, 5.41) is 4.00. The smallest absolute Gasteiger partial charge is 0.226 e. The maximum atomic E-state index is 6.20. The van der Waals surface area contributed by atoms with Gasteiger partial charge in [-0.25, -0.2) is 0 Å². The first-order valence-corrected chi connectivity index (χ1v) is 6.28. The zero-order valence-corrected chi connectivity index (χ0v) is 10.6. The zero-order chi connectivity index (χ0) is 12.0. The van der Waals surface area contributed by atoms with E-state index in [1.165, 1.54) is 12.8 Å². The molecule has 1 heterocycles. The minimum Gasteiger partial charge on any atom is -0.339 e. The van der Waals surface area contributed by atoms with Crippen molar-refractivity contribution in [2.75, 3.05) is 0 Å². The Hall–Kier alpha value is -0.900. The topological polar surface area (TPSA) is 64.9 Å². The summed E-state index contributed by atoms with van der Waals surface area (Å²) in [4.78, 5) is 4.39. The summed E-state index contributed by atoms with van der Waals surface area (Å²) in [5.41, 5.74) is 5.78.